The van der Waals surface area contributed by atoms with Crippen molar-refractivity contribution in [3.05, 3.63) is 70.4 Å². The Bertz CT molecular complexity index is 1200. The largest absolute Gasteiger partial charge is 0.490 e. The number of halogens is 1. The fourth-order valence-electron chi connectivity index (χ4n) is 3.87. The number of aromatic amines is 1. The van der Waals surface area contributed by atoms with Crippen LogP contribution in [0.15, 0.2) is 53.3 Å². The molecule has 172 valence electrons. The van der Waals surface area contributed by atoms with Crippen LogP contribution in [-0.4, -0.2) is 51.9 Å². The topological polar surface area (TPSA) is 104 Å². The van der Waals surface area contributed by atoms with Gasteiger partial charge in [-0.15, -0.1) is 0 Å². The normalized spacial score (nSPS) is 15.3. The fourth-order valence-corrected chi connectivity index (χ4v) is 3.87. The lowest BCUT2D eigenvalue weighted by atomic mass is 10.1. The molecule has 0 unspecified atom stereocenters. The first-order chi connectivity index (χ1) is 15.9. The summed E-state index contributed by atoms with van der Waals surface area (Å²) in [5, 5.41) is 2.66. The van der Waals surface area contributed by atoms with Gasteiger partial charge in [0.25, 0.3) is 11.5 Å². The highest BCUT2D eigenvalue weighted by Gasteiger charge is 2.30. The van der Waals surface area contributed by atoms with Crippen molar-refractivity contribution < 1.29 is 18.7 Å². The number of hydrogen-bond acceptors (Lipinski definition) is 5. The maximum atomic E-state index is 13.1. The smallest absolute Gasteiger partial charge is 0.280 e. The number of H-pyrrole nitrogens is 1. The zero-order chi connectivity index (χ0) is 23.4. The van der Waals surface area contributed by atoms with Crippen LogP contribution in [0.2, 0.25) is 0 Å². The van der Waals surface area contributed by atoms with Gasteiger partial charge < -0.3 is 19.9 Å². The lowest BCUT2D eigenvalue weighted by Gasteiger charge is -2.34. The number of likely N-dealkylation sites (tertiary alicyclic amines) is 1. The van der Waals surface area contributed by atoms with Crippen molar-refractivity contribution in [2.75, 3.05) is 13.1 Å². The van der Waals surface area contributed by atoms with E-state index in [0.717, 1.165) is 0 Å². The minimum absolute atomic E-state index is 0.0745. The molecule has 0 radical (unpaired) electrons. The molecule has 1 atom stereocenters. The van der Waals surface area contributed by atoms with Crippen molar-refractivity contribution in [1.82, 2.24) is 20.2 Å². The summed E-state index contributed by atoms with van der Waals surface area (Å²) in [6.07, 6.45) is 1.55. The summed E-state index contributed by atoms with van der Waals surface area (Å²) in [6, 6.07) is 12.0. The average Bonchev–Trinajstić information content (AvgIpc) is 2.83. The summed E-state index contributed by atoms with van der Waals surface area (Å²) in [6.45, 7) is 2.75. The Morgan fingerprint density at radius 3 is 2.58 bits per heavy atom. The van der Waals surface area contributed by atoms with Crippen LogP contribution >= 0.6 is 0 Å². The van der Waals surface area contributed by atoms with Crippen molar-refractivity contribution in [3.8, 4) is 5.75 Å². The third-order valence-corrected chi connectivity index (χ3v) is 5.70. The predicted molar refractivity (Wildman–Crippen MR) is 121 cm³/mol. The summed E-state index contributed by atoms with van der Waals surface area (Å²) in [4.78, 5) is 46.6. The van der Waals surface area contributed by atoms with Gasteiger partial charge in [-0.1, -0.05) is 19.1 Å². The second-order valence-corrected chi connectivity index (χ2v) is 7.96. The second-order valence-electron chi connectivity index (χ2n) is 7.96. The summed E-state index contributed by atoms with van der Waals surface area (Å²) >= 11 is 0. The Hall–Kier alpha value is -3.75. The van der Waals surface area contributed by atoms with E-state index in [1.54, 1.807) is 48.2 Å². The van der Waals surface area contributed by atoms with Crippen LogP contribution in [0.5, 0.6) is 5.75 Å². The number of nitrogens with one attached hydrogen (secondary N) is 2. The SMILES string of the molecule is CC[C@H](NC(=O)c1nc2ccccc2[nH]c1=O)C(=O)N1CCC(Oc2ccc(F)cc2)CC1. The number of fused-ring (bicyclic) bond motifs is 1. The van der Waals surface area contributed by atoms with Gasteiger partial charge in [-0.3, -0.25) is 14.4 Å². The number of nitrogens with zero attached hydrogens (tertiary/aromatic N) is 2. The zero-order valence-corrected chi connectivity index (χ0v) is 18.2. The molecule has 2 amide bonds. The Labute approximate surface area is 189 Å². The average molecular weight is 452 g/mol. The molecule has 0 aliphatic carbocycles. The molecule has 3 aromatic rings. The molecule has 8 nitrogen and oxygen atoms in total. The van der Waals surface area contributed by atoms with Crippen LogP contribution in [-0.2, 0) is 4.79 Å². The molecule has 0 spiro atoms. The molecule has 1 aromatic heterocycles. The molecule has 4 rings (SSSR count). The van der Waals surface area contributed by atoms with Crippen LogP contribution in [0.3, 0.4) is 0 Å². The molecule has 1 aliphatic rings. The highest BCUT2D eigenvalue weighted by Crippen LogP contribution is 2.20. The summed E-state index contributed by atoms with van der Waals surface area (Å²) < 4.78 is 18.9. The molecule has 2 N–H and O–H groups in total. The van der Waals surface area contributed by atoms with Crippen molar-refractivity contribution in [2.24, 2.45) is 0 Å². The van der Waals surface area contributed by atoms with E-state index in [9.17, 15) is 18.8 Å². The van der Waals surface area contributed by atoms with Crippen molar-refractivity contribution in [1.29, 1.82) is 0 Å². The van der Waals surface area contributed by atoms with Crippen LogP contribution in [0, 0.1) is 5.82 Å². The van der Waals surface area contributed by atoms with E-state index in [-0.39, 0.29) is 23.5 Å². The standard InChI is InChI=1S/C24H25FN4O4/c1-2-18(27-22(30)21-23(31)28-20-6-4-3-5-19(20)26-21)24(32)29-13-11-17(12-14-29)33-16-9-7-15(25)8-10-16/h3-10,17-18H,2,11-14H2,1H3,(H,27,30)(H,28,31)/t18-/m0/s1. The lowest BCUT2D eigenvalue weighted by molar-refractivity contribution is -0.135. The molecule has 2 heterocycles. The number of ether oxygens (including phenoxy) is 1. The van der Waals surface area contributed by atoms with E-state index in [1.807, 2.05) is 0 Å². The predicted octanol–water partition coefficient (Wildman–Crippen LogP) is 2.64. The van der Waals surface area contributed by atoms with Gasteiger partial charge >= 0.3 is 0 Å². The molecule has 1 saturated heterocycles. The first-order valence-corrected chi connectivity index (χ1v) is 11.0. The molecule has 1 fully saturated rings. The van der Waals surface area contributed by atoms with Gasteiger partial charge in [-0.2, -0.15) is 0 Å². The number of para-hydroxylation sites is 2. The van der Waals surface area contributed by atoms with E-state index >= 15 is 0 Å². The highest BCUT2D eigenvalue weighted by molar-refractivity contribution is 5.97. The number of rotatable bonds is 6. The summed E-state index contributed by atoms with van der Waals surface area (Å²) in [5.74, 6) is -0.621. The highest BCUT2D eigenvalue weighted by atomic mass is 19.1. The molecular formula is C24H25FN4O4. The van der Waals surface area contributed by atoms with E-state index in [0.29, 0.717) is 49.1 Å². The first kappa shape index (κ1) is 22.4. The van der Waals surface area contributed by atoms with Gasteiger partial charge in [0, 0.05) is 25.9 Å². The molecular weight excluding hydrogens is 427 g/mol. The maximum absolute atomic E-state index is 13.1. The Kier molecular flexibility index (Phi) is 6.67. The van der Waals surface area contributed by atoms with Crippen LogP contribution in [0.4, 0.5) is 4.39 Å². The van der Waals surface area contributed by atoms with Gasteiger partial charge in [0.1, 0.15) is 23.7 Å². The molecule has 2 aromatic carbocycles. The number of piperidine rings is 1. The summed E-state index contributed by atoms with van der Waals surface area (Å²) in [7, 11) is 0. The van der Waals surface area contributed by atoms with Crippen molar-refractivity contribution in [3.63, 3.8) is 0 Å². The van der Waals surface area contributed by atoms with Gasteiger partial charge in [0.05, 0.1) is 11.0 Å². The van der Waals surface area contributed by atoms with E-state index < -0.39 is 17.5 Å². The zero-order valence-electron chi connectivity index (χ0n) is 18.2. The minimum Gasteiger partial charge on any atom is -0.490 e. The van der Waals surface area contributed by atoms with Gasteiger partial charge in [-0.25, -0.2) is 9.37 Å². The van der Waals surface area contributed by atoms with Crippen LogP contribution < -0.4 is 15.6 Å². The van der Waals surface area contributed by atoms with Crippen molar-refractivity contribution >= 4 is 22.8 Å². The van der Waals surface area contributed by atoms with Gasteiger partial charge in [0.2, 0.25) is 5.91 Å². The Morgan fingerprint density at radius 1 is 1.18 bits per heavy atom. The van der Waals surface area contributed by atoms with Crippen LogP contribution in [0.25, 0.3) is 11.0 Å². The Balaban J connectivity index is 1.36. The van der Waals surface area contributed by atoms with E-state index in [1.165, 1.54) is 12.1 Å². The van der Waals surface area contributed by atoms with Crippen LogP contribution in [0.1, 0.15) is 36.7 Å². The van der Waals surface area contributed by atoms with Gasteiger partial charge in [-0.05, 0) is 42.8 Å². The minimum atomic E-state index is -0.764. The second kappa shape index (κ2) is 9.81. The monoisotopic (exact) mass is 452 g/mol. The fraction of sp³-hybridized carbons (Fsp3) is 0.333. The van der Waals surface area contributed by atoms with E-state index in [2.05, 4.69) is 15.3 Å². The lowest BCUT2D eigenvalue weighted by Crippen LogP contribution is -2.52. The third kappa shape index (κ3) is 5.19. The number of aromatic nitrogens is 2. The van der Waals surface area contributed by atoms with Crippen molar-refractivity contribution in [2.45, 2.75) is 38.3 Å². The van der Waals surface area contributed by atoms with E-state index in [4.69, 9.17) is 4.74 Å². The third-order valence-electron chi connectivity index (χ3n) is 5.70. The maximum Gasteiger partial charge on any atom is 0.280 e. The number of carbonyl (C=O) groups is 2. The molecule has 9 heteroatoms. The molecule has 33 heavy (non-hydrogen) atoms. The number of benzene rings is 2. The van der Waals surface area contributed by atoms with Gasteiger partial charge in [0.15, 0.2) is 5.69 Å². The molecule has 0 saturated carbocycles. The number of amides is 2. The molecule has 0 bridgehead atoms. The summed E-state index contributed by atoms with van der Waals surface area (Å²) in [5.41, 5.74) is 0.149. The Morgan fingerprint density at radius 2 is 1.88 bits per heavy atom. The first-order valence-electron chi connectivity index (χ1n) is 11.0. The number of hydrogen-bond donors (Lipinski definition) is 2. The number of carbonyl (C=O) groups excluding carboxylic acids is 2. The molecule has 1 aliphatic heterocycles. The quantitative estimate of drug-likeness (QED) is 0.598.